The molecule has 1 N–H and O–H groups in total. The second-order valence-corrected chi connectivity index (χ2v) is 4.59. The highest BCUT2D eigenvalue weighted by Gasteiger charge is 2.16. The van der Waals surface area contributed by atoms with E-state index >= 15 is 0 Å². The van der Waals surface area contributed by atoms with Crippen molar-refractivity contribution in [1.29, 1.82) is 0 Å². The van der Waals surface area contributed by atoms with Crippen LogP contribution in [0.5, 0.6) is 5.75 Å². The average molecular weight is 295 g/mol. The van der Waals surface area contributed by atoms with Crippen LogP contribution >= 0.6 is 0 Å². The van der Waals surface area contributed by atoms with E-state index in [2.05, 4.69) is 5.32 Å². The number of nitrogens with one attached hydrogen (secondary N) is 1. The lowest BCUT2D eigenvalue weighted by Crippen LogP contribution is -2.37. The molecular formula is C16H19F2NO2. The molecule has 21 heavy (non-hydrogen) atoms. The second kappa shape index (κ2) is 8.19. The van der Waals surface area contributed by atoms with Crippen molar-refractivity contribution < 1.29 is 18.3 Å². The summed E-state index contributed by atoms with van der Waals surface area (Å²) < 4.78 is 31.4. The maximum Gasteiger partial charge on any atom is 0.261 e. The number of ether oxygens (including phenoxy) is 1. The molecule has 0 spiro atoms. The average Bonchev–Trinajstić information content (AvgIpc) is 2.45. The van der Waals surface area contributed by atoms with E-state index < -0.39 is 17.7 Å². The van der Waals surface area contributed by atoms with E-state index in [4.69, 9.17) is 4.74 Å². The Morgan fingerprint density at radius 1 is 1.43 bits per heavy atom. The SMILES string of the molecule is C/C=C\C=C(/C)CNC(=O)C(C)Oc1ccc(F)cc1F. The van der Waals surface area contributed by atoms with Crippen LogP contribution in [0, 0.1) is 11.6 Å². The first-order valence-electron chi connectivity index (χ1n) is 6.62. The van der Waals surface area contributed by atoms with Crippen molar-refractivity contribution in [1.82, 2.24) is 5.32 Å². The standard InChI is InChI=1S/C16H19F2NO2/c1-4-5-6-11(2)10-19-16(20)12(3)21-15-8-7-13(17)9-14(15)18/h4-9,12H,10H2,1-3H3,(H,19,20)/b5-4-,11-6+. The van der Waals surface area contributed by atoms with Crippen LogP contribution < -0.4 is 10.1 Å². The molecule has 1 amide bonds. The van der Waals surface area contributed by atoms with Crippen LogP contribution in [0.2, 0.25) is 0 Å². The van der Waals surface area contributed by atoms with Crippen molar-refractivity contribution >= 4 is 5.91 Å². The fourth-order valence-corrected chi connectivity index (χ4v) is 1.50. The van der Waals surface area contributed by atoms with Crippen molar-refractivity contribution in [2.75, 3.05) is 6.54 Å². The van der Waals surface area contributed by atoms with E-state index in [-0.39, 0.29) is 11.7 Å². The topological polar surface area (TPSA) is 38.3 Å². The molecule has 0 aliphatic carbocycles. The molecule has 0 fully saturated rings. The van der Waals surface area contributed by atoms with Gasteiger partial charge in [0.2, 0.25) is 0 Å². The van der Waals surface area contributed by atoms with Crippen LogP contribution in [0.3, 0.4) is 0 Å². The zero-order valence-electron chi connectivity index (χ0n) is 12.3. The Morgan fingerprint density at radius 3 is 2.76 bits per heavy atom. The van der Waals surface area contributed by atoms with E-state index in [0.717, 1.165) is 17.7 Å². The summed E-state index contributed by atoms with van der Waals surface area (Å²) >= 11 is 0. The molecule has 1 aromatic rings. The molecule has 0 aromatic heterocycles. The number of amides is 1. The normalized spacial score (nSPS) is 13.3. The van der Waals surface area contributed by atoms with Gasteiger partial charge in [-0.15, -0.1) is 0 Å². The summed E-state index contributed by atoms with van der Waals surface area (Å²) in [5.74, 6) is -2.05. The maximum absolute atomic E-state index is 13.4. The summed E-state index contributed by atoms with van der Waals surface area (Å²) in [5, 5.41) is 2.68. The number of rotatable bonds is 6. The van der Waals surface area contributed by atoms with E-state index in [9.17, 15) is 13.6 Å². The Bertz CT molecular complexity index is 553. The molecule has 5 heteroatoms. The minimum Gasteiger partial charge on any atom is -0.478 e. The monoisotopic (exact) mass is 295 g/mol. The van der Waals surface area contributed by atoms with Gasteiger partial charge in [0.25, 0.3) is 5.91 Å². The fourth-order valence-electron chi connectivity index (χ4n) is 1.50. The number of carbonyl (C=O) groups excluding carboxylic acids is 1. The summed E-state index contributed by atoms with van der Waals surface area (Å²) in [6, 6.07) is 2.95. The van der Waals surface area contributed by atoms with Crippen molar-refractivity contribution in [3.8, 4) is 5.75 Å². The van der Waals surface area contributed by atoms with E-state index in [1.165, 1.54) is 6.92 Å². The number of allylic oxidation sites excluding steroid dienone is 3. The minimum atomic E-state index is -0.875. The molecule has 1 atom stereocenters. The Labute approximate surface area is 123 Å². The summed E-state index contributed by atoms with van der Waals surface area (Å²) in [6.07, 6.45) is 4.76. The van der Waals surface area contributed by atoms with Gasteiger partial charge >= 0.3 is 0 Å². The van der Waals surface area contributed by atoms with Gasteiger partial charge in [-0.3, -0.25) is 4.79 Å². The van der Waals surface area contributed by atoms with Crippen molar-refractivity contribution in [3.05, 3.63) is 53.6 Å². The highest BCUT2D eigenvalue weighted by molar-refractivity contribution is 5.80. The molecule has 0 saturated carbocycles. The van der Waals surface area contributed by atoms with Crippen LogP contribution in [0.4, 0.5) is 8.78 Å². The van der Waals surface area contributed by atoms with Gasteiger partial charge in [-0.2, -0.15) is 0 Å². The van der Waals surface area contributed by atoms with E-state index in [1.54, 1.807) is 0 Å². The lowest BCUT2D eigenvalue weighted by molar-refractivity contribution is -0.127. The van der Waals surface area contributed by atoms with Gasteiger partial charge < -0.3 is 10.1 Å². The third kappa shape index (κ3) is 5.77. The minimum absolute atomic E-state index is 0.153. The Balaban J connectivity index is 2.55. The highest BCUT2D eigenvalue weighted by atomic mass is 19.1. The summed E-state index contributed by atoms with van der Waals surface area (Å²) in [4.78, 5) is 11.8. The molecule has 114 valence electrons. The van der Waals surface area contributed by atoms with Gasteiger partial charge in [0.05, 0.1) is 0 Å². The molecule has 1 rings (SSSR count). The van der Waals surface area contributed by atoms with Gasteiger partial charge in [-0.25, -0.2) is 8.78 Å². The van der Waals surface area contributed by atoms with Crippen LogP contribution in [0.15, 0.2) is 42.0 Å². The highest BCUT2D eigenvalue weighted by Crippen LogP contribution is 2.18. The van der Waals surface area contributed by atoms with Gasteiger partial charge in [-0.05, 0) is 32.9 Å². The molecule has 0 saturated heterocycles. The van der Waals surface area contributed by atoms with E-state index in [1.807, 2.05) is 32.1 Å². The molecule has 0 aliphatic rings. The fraction of sp³-hybridized carbons (Fsp3) is 0.312. The van der Waals surface area contributed by atoms with Crippen LogP contribution in [0.25, 0.3) is 0 Å². The van der Waals surface area contributed by atoms with Gasteiger partial charge in [0.1, 0.15) is 5.82 Å². The van der Waals surface area contributed by atoms with Crippen molar-refractivity contribution in [2.24, 2.45) is 0 Å². The lowest BCUT2D eigenvalue weighted by Gasteiger charge is -2.15. The van der Waals surface area contributed by atoms with Gasteiger partial charge in [-0.1, -0.05) is 23.8 Å². The summed E-state index contributed by atoms with van der Waals surface area (Å²) in [6.45, 7) is 5.66. The Morgan fingerprint density at radius 2 is 2.14 bits per heavy atom. The first-order chi connectivity index (χ1) is 9.93. The summed E-state index contributed by atoms with van der Waals surface area (Å²) in [5.41, 5.74) is 0.974. The molecule has 1 unspecified atom stereocenters. The van der Waals surface area contributed by atoms with Gasteiger partial charge in [0, 0.05) is 12.6 Å². The number of hydrogen-bond acceptors (Lipinski definition) is 2. The molecule has 0 radical (unpaired) electrons. The Hall–Kier alpha value is -2.17. The van der Waals surface area contributed by atoms with Crippen molar-refractivity contribution in [2.45, 2.75) is 26.9 Å². The molecule has 1 aromatic carbocycles. The quantitative estimate of drug-likeness (QED) is 0.817. The lowest BCUT2D eigenvalue weighted by atomic mass is 10.2. The summed E-state index contributed by atoms with van der Waals surface area (Å²) in [7, 11) is 0. The zero-order valence-corrected chi connectivity index (χ0v) is 12.3. The van der Waals surface area contributed by atoms with E-state index in [0.29, 0.717) is 12.6 Å². The second-order valence-electron chi connectivity index (χ2n) is 4.59. The maximum atomic E-state index is 13.4. The third-order valence-electron chi connectivity index (χ3n) is 2.68. The molecule has 3 nitrogen and oxygen atoms in total. The third-order valence-corrected chi connectivity index (χ3v) is 2.68. The predicted molar refractivity (Wildman–Crippen MR) is 78.0 cm³/mol. The number of hydrogen-bond donors (Lipinski definition) is 1. The van der Waals surface area contributed by atoms with Crippen molar-refractivity contribution in [3.63, 3.8) is 0 Å². The number of benzene rings is 1. The first kappa shape index (κ1) is 16.9. The van der Waals surface area contributed by atoms with Crippen LogP contribution in [-0.2, 0) is 4.79 Å². The Kier molecular flexibility index (Phi) is 6.59. The largest absolute Gasteiger partial charge is 0.478 e. The smallest absolute Gasteiger partial charge is 0.261 e. The molecule has 0 aliphatic heterocycles. The predicted octanol–water partition coefficient (Wildman–Crippen LogP) is 3.37. The zero-order chi connectivity index (χ0) is 15.8. The molecule has 0 heterocycles. The number of halogens is 2. The molecule has 0 bridgehead atoms. The molecular weight excluding hydrogens is 276 g/mol. The van der Waals surface area contributed by atoms with Crippen LogP contribution in [-0.4, -0.2) is 18.6 Å². The van der Waals surface area contributed by atoms with Gasteiger partial charge in [0.15, 0.2) is 17.7 Å². The first-order valence-corrected chi connectivity index (χ1v) is 6.62. The number of carbonyl (C=O) groups is 1. The van der Waals surface area contributed by atoms with Crippen LogP contribution in [0.1, 0.15) is 20.8 Å².